The third-order valence-electron chi connectivity index (χ3n) is 7.78. The lowest BCUT2D eigenvalue weighted by atomic mass is 9.83. The lowest BCUT2D eigenvalue weighted by Crippen LogP contribution is -2.47. The fourth-order valence-corrected chi connectivity index (χ4v) is 5.50. The third-order valence-corrected chi connectivity index (χ3v) is 7.78. The van der Waals surface area contributed by atoms with Crippen molar-refractivity contribution in [1.29, 1.82) is 0 Å². The van der Waals surface area contributed by atoms with E-state index in [1.165, 1.54) is 0 Å². The normalized spacial score (nSPS) is 25.6. The summed E-state index contributed by atoms with van der Waals surface area (Å²) in [6.45, 7) is 7.15. The van der Waals surface area contributed by atoms with Gasteiger partial charge in [-0.25, -0.2) is 0 Å². The highest BCUT2D eigenvalue weighted by molar-refractivity contribution is 5.96. The minimum Gasteiger partial charge on any atom is -0.379 e. The molecule has 7 heteroatoms. The Balaban J connectivity index is 1.32. The molecule has 1 aromatic carbocycles. The van der Waals surface area contributed by atoms with Crippen LogP contribution in [0.3, 0.4) is 0 Å². The van der Waals surface area contributed by atoms with Crippen LogP contribution in [0.1, 0.15) is 44.6 Å². The smallest absolute Gasteiger partial charge is 0.231 e. The van der Waals surface area contributed by atoms with Gasteiger partial charge in [-0.15, -0.1) is 0 Å². The van der Waals surface area contributed by atoms with Crippen LogP contribution in [-0.2, 0) is 15.1 Å². The number of nitrogens with zero attached hydrogens (tertiary/aromatic N) is 3. The first kappa shape index (κ1) is 24.8. The highest BCUT2D eigenvalue weighted by atomic mass is 16.5. The van der Waals surface area contributed by atoms with E-state index in [2.05, 4.69) is 56.7 Å². The van der Waals surface area contributed by atoms with Gasteiger partial charge >= 0.3 is 0 Å². The Morgan fingerprint density at radius 3 is 2.86 bits per heavy atom. The largest absolute Gasteiger partial charge is 0.379 e. The van der Waals surface area contributed by atoms with Crippen LogP contribution in [0.2, 0.25) is 0 Å². The molecule has 0 bridgehead atoms. The molecule has 36 heavy (non-hydrogen) atoms. The number of hydrogen-bond acceptors (Lipinski definition) is 5. The van der Waals surface area contributed by atoms with Gasteiger partial charge in [0.25, 0.3) is 0 Å². The van der Waals surface area contributed by atoms with E-state index >= 15 is 0 Å². The highest BCUT2D eigenvalue weighted by Gasteiger charge is 2.39. The summed E-state index contributed by atoms with van der Waals surface area (Å²) in [4.78, 5) is 20.0. The standard InChI is InChI=1S/C29H36N4O3/c1-28(12-14-30-22-25(28)27(34)31-13-4-15-32-17-19-36-20-18-32)33-16-8-24-6-5-23(21-26(24)33)7-11-29(35)9-2-3-10-29/h5-6,8,12,14,16,21-22,25,35H,2-4,9-10,13,15,17-20H2,1H3,(H,31,34). The van der Waals surface area contributed by atoms with Gasteiger partial charge in [0, 0.05) is 43.8 Å². The molecule has 3 aliphatic rings. The van der Waals surface area contributed by atoms with Crippen LogP contribution in [0.5, 0.6) is 0 Å². The van der Waals surface area contributed by atoms with Gasteiger partial charge in [0.15, 0.2) is 0 Å². The van der Waals surface area contributed by atoms with Crippen LogP contribution in [0.4, 0.5) is 0 Å². The zero-order valence-corrected chi connectivity index (χ0v) is 21.1. The molecule has 2 atom stereocenters. The van der Waals surface area contributed by atoms with E-state index in [9.17, 15) is 9.90 Å². The number of hydrogen-bond donors (Lipinski definition) is 2. The van der Waals surface area contributed by atoms with E-state index in [4.69, 9.17) is 4.74 Å². The SMILES string of the molecule is CC1(n2ccc3ccc(C#CC4(O)CCCC4)cc32)C=CN=CC1C(=O)NCCCN1CCOCC1. The predicted octanol–water partition coefficient (Wildman–Crippen LogP) is 3.07. The Morgan fingerprint density at radius 2 is 2.06 bits per heavy atom. The molecule has 190 valence electrons. The van der Waals surface area contributed by atoms with Crippen molar-refractivity contribution in [3.05, 3.63) is 48.3 Å². The molecule has 1 aliphatic carbocycles. The Bertz CT molecular complexity index is 1210. The van der Waals surface area contributed by atoms with Crippen LogP contribution in [0.25, 0.3) is 10.9 Å². The van der Waals surface area contributed by atoms with Crippen molar-refractivity contribution in [2.45, 2.75) is 50.2 Å². The monoisotopic (exact) mass is 488 g/mol. The first-order chi connectivity index (χ1) is 17.5. The number of aliphatic imine (C=N–C) groups is 1. The fourth-order valence-electron chi connectivity index (χ4n) is 5.50. The second-order valence-corrected chi connectivity index (χ2v) is 10.4. The molecule has 3 heterocycles. The maximum atomic E-state index is 13.3. The van der Waals surface area contributed by atoms with Crippen molar-refractivity contribution in [2.24, 2.45) is 10.9 Å². The fraction of sp³-hybridized carbons (Fsp3) is 0.517. The number of morpholine rings is 1. The number of amides is 1. The molecule has 7 nitrogen and oxygen atoms in total. The molecule has 1 aromatic heterocycles. The van der Waals surface area contributed by atoms with E-state index in [0.29, 0.717) is 6.54 Å². The third kappa shape index (κ3) is 5.27. The first-order valence-electron chi connectivity index (χ1n) is 13.1. The molecule has 2 N–H and O–H groups in total. The van der Waals surface area contributed by atoms with Gasteiger partial charge in [0.2, 0.25) is 5.91 Å². The molecule has 1 saturated carbocycles. The maximum absolute atomic E-state index is 13.3. The summed E-state index contributed by atoms with van der Waals surface area (Å²) in [5.41, 5.74) is 0.404. The van der Waals surface area contributed by atoms with Gasteiger partial charge < -0.3 is 19.7 Å². The second-order valence-electron chi connectivity index (χ2n) is 10.4. The molecule has 5 rings (SSSR count). The van der Waals surface area contributed by atoms with Gasteiger partial charge in [-0.1, -0.05) is 17.9 Å². The van der Waals surface area contributed by atoms with Crippen molar-refractivity contribution >= 4 is 23.0 Å². The Morgan fingerprint density at radius 1 is 1.25 bits per heavy atom. The Hall–Kier alpha value is -2.92. The average molecular weight is 489 g/mol. The van der Waals surface area contributed by atoms with Crippen molar-refractivity contribution < 1.29 is 14.6 Å². The van der Waals surface area contributed by atoms with Crippen molar-refractivity contribution in [3.63, 3.8) is 0 Å². The molecular formula is C29H36N4O3. The summed E-state index contributed by atoms with van der Waals surface area (Å²) in [6.07, 6.45) is 12.0. The number of aromatic nitrogens is 1. The van der Waals surface area contributed by atoms with Gasteiger partial charge in [0.1, 0.15) is 11.5 Å². The van der Waals surface area contributed by atoms with Crippen LogP contribution in [-0.4, -0.2) is 71.7 Å². The number of rotatable bonds is 6. The van der Waals surface area contributed by atoms with E-state index in [0.717, 1.165) is 81.4 Å². The summed E-state index contributed by atoms with van der Waals surface area (Å²) in [5.74, 6) is 5.85. The average Bonchev–Trinajstić information content (AvgIpc) is 3.53. The van der Waals surface area contributed by atoms with E-state index in [1.54, 1.807) is 12.4 Å². The van der Waals surface area contributed by atoms with E-state index in [-0.39, 0.29) is 5.91 Å². The summed E-state index contributed by atoms with van der Waals surface area (Å²) >= 11 is 0. The quantitative estimate of drug-likeness (QED) is 0.484. The Kier molecular flexibility index (Phi) is 7.29. The van der Waals surface area contributed by atoms with Gasteiger partial charge in [-0.2, -0.15) is 0 Å². The van der Waals surface area contributed by atoms with Gasteiger partial charge in [-0.05, 0) is 75.2 Å². The van der Waals surface area contributed by atoms with Gasteiger partial charge in [0.05, 0.1) is 24.3 Å². The molecular weight excluding hydrogens is 452 g/mol. The zero-order valence-electron chi connectivity index (χ0n) is 21.1. The summed E-state index contributed by atoms with van der Waals surface area (Å²) in [6, 6.07) is 8.18. The van der Waals surface area contributed by atoms with Crippen molar-refractivity contribution in [2.75, 3.05) is 39.4 Å². The van der Waals surface area contributed by atoms with Crippen LogP contribution < -0.4 is 5.32 Å². The number of benzene rings is 1. The number of allylic oxidation sites excluding steroid dienone is 1. The van der Waals surface area contributed by atoms with E-state index < -0.39 is 17.1 Å². The number of fused-ring (bicyclic) bond motifs is 1. The minimum absolute atomic E-state index is 0.0196. The van der Waals surface area contributed by atoms with Crippen LogP contribution in [0, 0.1) is 17.8 Å². The Labute approximate surface area is 213 Å². The lowest BCUT2D eigenvalue weighted by molar-refractivity contribution is -0.124. The molecule has 2 fully saturated rings. The predicted molar refractivity (Wildman–Crippen MR) is 142 cm³/mol. The van der Waals surface area contributed by atoms with Crippen LogP contribution >= 0.6 is 0 Å². The summed E-state index contributed by atoms with van der Waals surface area (Å²) < 4.78 is 7.56. The molecule has 1 saturated heterocycles. The lowest BCUT2D eigenvalue weighted by Gasteiger charge is -2.36. The topological polar surface area (TPSA) is 79.1 Å². The number of carbonyl (C=O) groups excluding carboxylic acids is 1. The highest BCUT2D eigenvalue weighted by Crippen LogP contribution is 2.34. The second kappa shape index (κ2) is 10.6. The molecule has 0 spiro atoms. The summed E-state index contributed by atoms with van der Waals surface area (Å²) in [7, 11) is 0. The van der Waals surface area contributed by atoms with Gasteiger partial charge in [-0.3, -0.25) is 14.7 Å². The molecule has 1 amide bonds. The number of carbonyl (C=O) groups is 1. The maximum Gasteiger partial charge on any atom is 0.231 e. The summed E-state index contributed by atoms with van der Waals surface area (Å²) in [5, 5.41) is 14.9. The molecule has 0 radical (unpaired) electrons. The number of ether oxygens (including phenoxy) is 1. The number of aliphatic hydroxyl groups is 1. The zero-order chi connectivity index (χ0) is 25.0. The number of nitrogens with one attached hydrogen (secondary N) is 1. The van der Waals surface area contributed by atoms with Crippen LogP contribution in [0.15, 0.2) is 47.7 Å². The molecule has 2 unspecified atom stereocenters. The molecule has 2 aliphatic heterocycles. The minimum atomic E-state index is -0.865. The van der Waals surface area contributed by atoms with Crippen molar-refractivity contribution in [3.8, 4) is 11.8 Å². The molecule has 2 aromatic rings. The van der Waals surface area contributed by atoms with Crippen molar-refractivity contribution in [1.82, 2.24) is 14.8 Å². The first-order valence-corrected chi connectivity index (χ1v) is 13.1. The van der Waals surface area contributed by atoms with E-state index in [1.807, 2.05) is 18.3 Å².